The summed E-state index contributed by atoms with van der Waals surface area (Å²) in [4.78, 5) is 34.4. The van der Waals surface area contributed by atoms with E-state index < -0.39 is 5.66 Å². The van der Waals surface area contributed by atoms with Crippen LogP contribution in [0.4, 0.5) is 0 Å². The molecular formula is C35H46N2O4. The highest BCUT2D eigenvalue weighted by Crippen LogP contribution is 2.58. The molecule has 0 unspecified atom stereocenters. The number of amides is 1. The minimum Gasteiger partial charge on any atom is -0.508 e. The van der Waals surface area contributed by atoms with Crippen LogP contribution in [-0.4, -0.2) is 39.4 Å². The van der Waals surface area contributed by atoms with Crippen molar-refractivity contribution < 1.29 is 19.4 Å². The van der Waals surface area contributed by atoms with Gasteiger partial charge in [-0.05, 0) is 112 Å². The SMILES string of the molecule is CC(C)OC(=O)c1ccc([C@@H](CCC(C)(C)C)N2C(=O)C(c3cccc(O)c3)=NC23CCC(C2(C)CC2)CC3)cc1. The van der Waals surface area contributed by atoms with Crippen LogP contribution < -0.4 is 0 Å². The van der Waals surface area contributed by atoms with Crippen LogP contribution >= 0.6 is 0 Å². The molecule has 1 amide bonds. The van der Waals surface area contributed by atoms with Crippen LogP contribution in [0.5, 0.6) is 5.75 Å². The van der Waals surface area contributed by atoms with E-state index in [1.807, 2.05) is 44.2 Å². The van der Waals surface area contributed by atoms with Gasteiger partial charge in [-0.15, -0.1) is 0 Å². The van der Waals surface area contributed by atoms with Gasteiger partial charge in [0.1, 0.15) is 17.1 Å². The molecule has 2 aromatic rings. The summed E-state index contributed by atoms with van der Waals surface area (Å²) < 4.78 is 5.41. The van der Waals surface area contributed by atoms with E-state index in [0.717, 1.165) is 44.1 Å². The zero-order chi connectivity index (χ0) is 29.6. The van der Waals surface area contributed by atoms with E-state index in [-0.39, 0.29) is 35.2 Å². The minimum atomic E-state index is -0.614. The Hall–Kier alpha value is -3.15. The summed E-state index contributed by atoms with van der Waals surface area (Å²) in [6, 6.07) is 14.3. The number of ether oxygens (including phenoxy) is 1. The predicted molar refractivity (Wildman–Crippen MR) is 162 cm³/mol. The number of esters is 1. The lowest BCUT2D eigenvalue weighted by molar-refractivity contribution is -0.133. The molecule has 6 nitrogen and oxygen atoms in total. The average molecular weight is 559 g/mol. The molecule has 41 heavy (non-hydrogen) atoms. The number of carbonyl (C=O) groups excluding carboxylic acids is 2. The van der Waals surface area contributed by atoms with Crippen LogP contribution in [0.2, 0.25) is 0 Å². The number of hydrogen-bond acceptors (Lipinski definition) is 5. The first-order valence-electron chi connectivity index (χ1n) is 15.3. The van der Waals surface area contributed by atoms with Crippen molar-refractivity contribution >= 4 is 17.6 Å². The van der Waals surface area contributed by atoms with Gasteiger partial charge in [-0.25, -0.2) is 4.79 Å². The molecule has 2 fully saturated rings. The number of aromatic hydroxyl groups is 1. The van der Waals surface area contributed by atoms with Crippen molar-refractivity contribution in [3.63, 3.8) is 0 Å². The van der Waals surface area contributed by atoms with Crippen molar-refractivity contribution in [3.05, 3.63) is 65.2 Å². The second-order valence-corrected chi connectivity index (χ2v) is 14.3. The number of rotatable bonds is 8. The van der Waals surface area contributed by atoms with Gasteiger partial charge >= 0.3 is 5.97 Å². The molecule has 220 valence electrons. The Morgan fingerprint density at radius 2 is 1.73 bits per heavy atom. The number of aliphatic imine (C=N–C) groups is 1. The molecule has 5 rings (SSSR count). The second kappa shape index (κ2) is 10.9. The molecule has 1 heterocycles. The Morgan fingerprint density at radius 1 is 1.07 bits per heavy atom. The lowest BCUT2D eigenvalue weighted by Gasteiger charge is -2.46. The largest absolute Gasteiger partial charge is 0.508 e. The quantitative estimate of drug-likeness (QED) is 0.335. The highest BCUT2D eigenvalue weighted by Gasteiger charge is 2.55. The third-order valence-electron chi connectivity index (χ3n) is 9.47. The maximum atomic E-state index is 14.5. The molecule has 1 atom stereocenters. The summed E-state index contributed by atoms with van der Waals surface area (Å²) in [6.45, 7) is 12.8. The molecule has 3 aliphatic rings. The van der Waals surface area contributed by atoms with Gasteiger partial charge in [-0.2, -0.15) is 0 Å². The van der Waals surface area contributed by atoms with Gasteiger partial charge in [0.15, 0.2) is 0 Å². The highest BCUT2D eigenvalue weighted by atomic mass is 16.5. The summed E-state index contributed by atoms with van der Waals surface area (Å²) in [5.41, 5.74) is 2.53. The maximum Gasteiger partial charge on any atom is 0.338 e. The van der Waals surface area contributed by atoms with E-state index in [9.17, 15) is 14.7 Å². The van der Waals surface area contributed by atoms with E-state index in [2.05, 4.69) is 32.6 Å². The molecule has 0 bridgehead atoms. The Morgan fingerprint density at radius 3 is 2.29 bits per heavy atom. The lowest BCUT2D eigenvalue weighted by atomic mass is 9.73. The molecule has 1 spiro atoms. The summed E-state index contributed by atoms with van der Waals surface area (Å²) in [5.74, 6) is 0.384. The van der Waals surface area contributed by atoms with Crippen molar-refractivity contribution in [2.45, 2.75) is 111 Å². The number of nitrogens with zero attached hydrogens (tertiary/aromatic N) is 2. The smallest absolute Gasteiger partial charge is 0.338 e. The average Bonchev–Trinajstić information content (AvgIpc) is 3.60. The van der Waals surface area contributed by atoms with Crippen molar-refractivity contribution in [2.75, 3.05) is 0 Å². The first-order chi connectivity index (χ1) is 19.3. The van der Waals surface area contributed by atoms with Crippen LogP contribution in [-0.2, 0) is 9.53 Å². The van der Waals surface area contributed by atoms with Gasteiger partial charge in [0.25, 0.3) is 5.91 Å². The third kappa shape index (κ3) is 6.22. The first kappa shape index (κ1) is 29.3. The number of carbonyl (C=O) groups is 2. The van der Waals surface area contributed by atoms with Gasteiger partial charge in [0.2, 0.25) is 0 Å². The van der Waals surface area contributed by atoms with Gasteiger partial charge in [-0.1, -0.05) is 52.0 Å². The fourth-order valence-corrected chi connectivity index (χ4v) is 6.76. The number of phenols is 1. The summed E-state index contributed by atoms with van der Waals surface area (Å²) in [6.07, 6.45) is 7.91. The fraction of sp³-hybridized carbons (Fsp3) is 0.571. The van der Waals surface area contributed by atoms with Gasteiger partial charge in [0, 0.05) is 5.56 Å². The van der Waals surface area contributed by atoms with E-state index in [1.54, 1.807) is 18.2 Å². The summed E-state index contributed by atoms with van der Waals surface area (Å²) in [5, 5.41) is 10.2. The van der Waals surface area contributed by atoms with Crippen molar-refractivity contribution in [3.8, 4) is 5.75 Å². The van der Waals surface area contributed by atoms with Crippen molar-refractivity contribution in [1.29, 1.82) is 0 Å². The van der Waals surface area contributed by atoms with Crippen molar-refractivity contribution in [2.24, 2.45) is 21.7 Å². The van der Waals surface area contributed by atoms with Crippen LogP contribution in [0.3, 0.4) is 0 Å². The normalized spacial score (nSPS) is 24.5. The molecule has 2 saturated carbocycles. The van der Waals surface area contributed by atoms with Crippen molar-refractivity contribution in [1.82, 2.24) is 4.90 Å². The Kier molecular flexibility index (Phi) is 7.82. The van der Waals surface area contributed by atoms with Crippen LogP contribution in [0.15, 0.2) is 53.5 Å². The topological polar surface area (TPSA) is 79.2 Å². The van der Waals surface area contributed by atoms with E-state index in [4.69, 9.17) is 9.73 Å². The number of hydrogen-bond donors (Lipinski definition) is 1. The molecule has 1 aliphatic heterocycles. The van der Waals surface area contributed by atoms with Gasteiger partial charge < -0.3 is 14.7 Å². The molecule has 0 aromatic heterocycles. The van der Waals surface area contributed by atoms with Crippen LogP contribution in [0.25, 0.3) is 0 Å². The minimum absolute atomic E-state index is 0.0751. The summed E-state index contributed by atoms with van der Waals surface area (Å²) in [7, 11) is 0. The Labute approximate surface area is 245 Å². The standard InChI is InChI=1S/C35H46N2O4/c1-23(2)41-32(40)25-12-10-24(11-13-25)29(16-17-33(3,4)5)37-31(39)30(26-8-7-9-28(38)22-26)36-35(37)18-14-27(15-19-35)34(6)20-21-34/h7-13,22-23,27,29,38H,14-21H2,1-6H3/t27?,29-,35?/m1/s1. The fourth-order valence-electron chi connectivity index (χ4n) is 6.76. The number of benzene rings is 2. The van der Waals surface area contributed by atoms with Crippen LogP contribution in [0.1, 0.15) is 120 Å². The first-order valence-corrected chi connectivity index (χ1v) is 15.3. The molecule has 1 N–H and O–H groups in total. The summed E-state index contributed by atoms with van der Waals surface area (Å²) >= 11 is 0. The van der Waals surface area contributed by atoms with E-state index >= 15 is 0 Å². The lowest BCUT2D eigenvalue weighted by Crippen LogP contribution is -2.51. The van der Waals surface area contributed by atoms with Gasteiger partial charge in [-0.3, -0.25) is 9.79 Å². The number of phenolic OH excluding ortho intramolecular Hbond substituents is 1. The highest BCUT2D eigenvalue weighted by molar-refractivity contribution is 6.46. The maximum absolute atomic E-state index is 14.5. The zero-order valence-electron chi connectivity index (χ0n) is 25.6. The predicted octanol–water partition coefficient (Wildman–Crippen LogP) is 7.84. The molecule has 0 radical (unpaired) electrons. The molecular weight excluding hydrogens is 512 g/mol. The van der Waals surface area contributed by atoms with E-state index in [0.29, 0.717) is 28.2 Å². The monoisotopic (exact) mass is 558 g/mol. The second-order valence-electron chi connectivity index (χ2n) is 14.3. The molecule has 0 saturated heterocycles. The van der Waals surface area contributed by atoms with Crippen LogP contribution in [0, 0.1) is 16.7 Å². The Bertz CT molecular complexity index is 1310. The van der Waals surface area contributed by atoms with E-state index in [1.165, 1.54) is 12.8 Å². The Balaban J connectivity index is 1.53. The molecule has 2 aromatic carbocycles. The molecule has 6 heteroatoms. The van der Waals surface area contributed by atoms with Gasteiger partial charge in [0.05, 0.1) is 17.7 Å². The zero-order valence-corrected chi connectivity index (χ0v) is 25.6. The molecule has 2 aliphatic carbocycles. The third-order valence-corrected chi connectivity index (χ3v) is 9.47.